The van der Waals surface area contributed by atoms with Crippen molar-refractivity contribution >= 4 is 17.4 Å². The molecule has 8 heteroatoms. The molecule has 0 radical (unpaired) electrons. The zero-order chi connectivity index (χ0) is 16.7. The predicted octanol–water partition coefficient (Wildman–Crippen LogP) is 1.38. The summed E-state index contributed by atoms with van der Waals surface area (Å²) in [7, 11) is 0. The molecule has 0 saturated carbocycles. The van der Waals surface area contributed by atoms with Crippen LogP contribution in [0.4, 0.5) is 11.6 Å². The van der Waals surface area contributed by atoms with Gasteiger partial charge in [-0.3, -0.25) is 4.98 Å². The number of rotatable bonds is 2. The van der Waals surface area contributed by atoms with Gasteiger partial charge in [0.2, 0.25) is 0 Å². The molecule has 1 aliphatic heterocycles. The highest BCUT2D eigenvalue weighted by molar-refractivity contribution is 5.60. The Bertz CT molecular complexity index is 875. The van der Waals surface area contributed by atoms with Crippen molar-refractivity contribution in [3.63, 3.8) is 0 Å². The van der Waals surface area contributed by atoms with E-state index in [4.69, 9.17) is 10.5 Å². The molecule has 3 aromatic rings. The minimum absolute atomic E-state index is 0.225. The second-order valence-electron chi connectivity index (χ2n) is 6.45. The second kappa shape index (κ2) is 5.41. The molecule has 0 unspecified atom stereocenters. The summed E-state index contributed by atoms with van der Waals surface area (Å²) in [5.41, 5.74) is 6.65. The van der Waals surface area contributed by atoms with E-state index in [2.05, 4.69) is 38.8 Å². The Morgan fingerprint density at radius 2 is 2.00 bits per heavy atom. The third-order valence-electron chi connectivity index (χ3n) is 4.00. The summed E-state index contributed by atoms with van der Waals surface area (Å²) < 4.78 is 7.54. The van der Waals surface area contributed by atoms with Gasteiger partial charge < -0.3 is 15.4 Å². The van der Waals surface area contributed by atoms with Gasteiger partial charge >= 0.3 is 0 Å². The van der Waals surface area contributed by atoms with Crippen molar-refractivity contribution in [1.82, 2.24) is 24.6 Å². The molecule has 4 rings (SSSR count). The van der Waals surface area contributed by atoms with Crippen LogP contribution in [-0.2, 0) is 4.74 Å². The van der Waals surface area contributed by atoms with Gasteiger partial charge in [-0.15, -0.1) is 5.10 Å². The van der Waals surface area contributed by atoms with E-state index in [9.17, 15) is 0 Å². The lowest BCUT2D eigenvalue weighted by molar-refractivity contribution is -0.0280. The lowest BCUT2D eigenvalue weighted by Crippen LogP contribution is -2.49. The number of nitrogen functional groups attached to an aromatic ring is 1. The summed E-state index contributed by atoms with van der Waals surface area (Å²) in [5, 5.41) is 4.62. The Morgan fingerprint density at radius 1 is 1.21 bits per heavy atom. The SMILES string of the molecule is CC1(C)CN(c2cc(N)nc3nc(-c4ccncc4)nn23)CCO1. The highest BCUT2D eigenvalue weighted by Gasteiger charge is 2.29. The van der Waals surface area contributed by atoms with Gasteiger partial charge in [-0.05, 0) is 26.0 Å². The number of anilines is 2. The summed E-state index contributed by atoms with van der Waals surface area (Å²) in [4.78, 5) is 15.1. The zero-order valence-electron chi connectivity index (χ0n) is 13.7. The normalized spacial score (nSPS) is 17.3. The van der Waals surface area contributed by atoms with Crippen molar-refractivity contribution in [2.75, 3.05) is 30.3 Å². The molecule has 8 nitrogen and oxygen atoms in total. The van der Waals surface area contributed by atoms with Crippen LogP contribution in [0, 0.1) is 0 Å². The number of hydrogen-bond donors (Lipinski definition) is 1. The molecule has 4 heterocycles. The number of ether oxygens (including phenoxy) is 1. The number of fused-ring (bicyclic) bond motifs is 1. The smallest absolute Gasteiger partial charge is 0.256 e. The average Bonchev–Trinajstić information content (AvgIpc) is 2.97. The van der Waals surface area contributed by atoms with E-state index >= 15 is 0 Å². The van der Waals surface area contributed by atoms with Crippen molar-refractivity contribution < 1.29 is 4.74 Å². The molecule has 0 aromatic carbocycles. The number of nitrogens with zero attached hydrogens (tertiary/aromatic N) is 6. The van der Waals surface area contributed by atoms with Crippen LogP contribution in [0.15, 0.2) is 30.6 Å². The topological polar surface area (TPSA) is 94.5 Å². The maximum absolute atomic E-state index is 5.99. The van der Waals surface area contributed by atoms with E-state index in [1.165, 1.54) is 0 Å². The Morgan fingerprint density at radius 3 is 2.75 bits per heavy atom. The number of aromatic nitrogens is 5. The van der Waals surface area contributed by atoms with Gasteiger partial charge in [0.25, 0.3) is 5.78 Å². The molecular formula is C16H19N7O. The zero-order valence-corrected chi connectivity index (χ0v) is 13.7. The molecule has 1 aliphatic rings. The lowest BCUT2D eigenvalue weighted by atomic mass is 10.1. The van der Waals surface area contributed by atoms with Crippen molar-refractivity contribution in [1.29, 1.82) is 0 Å². The summed E-state index contributed by atoms with van der Waals surface area (Å²) in [6, 6.07) is 5.57. The second-order valence-corrected chi connectivity index (χ2v) is 6.45. The van der Waals surface area contributed by atoms with Gasteiger partial charge in [0.1, 0.15) is 11.6 Å². The third-order valence-corrected chi connectivity index (χ3v) is 4.00. The van der Waals surface area contributed by atoms with Crippen LogP contribution in [-0.4, -0.2) is 49.9 Å². The van der Waals surface area contributed by atoms with Gasteiger partial charge in [0.05, 0.1) is 12.2 Å². The standard InChI is InChI=1S/C16H19N7O/c1-16(2)10-22(7-8-24-16)13-9-12(17)19-15-20-14(21-23(13)15)11-3-5-18-6-4-11/h3-6,9H,7-8,10H2,1-2H3,(H2,17,19,20,21). The van der Waals surface area contributed by atoms with Gasteiger partial charge in [-0.25, -0.2) is 0 Å². The highest BCUT2D eigenvalue weighted by Crippen LogP contribution is 2.25. The van der Waals surface area contributed by atoms with Gasteiger partial charge in [0.15, 0.2) is 5.82 Å². The van der Waals surface area contributed by atoms with Crippen LogP contribution in [0.5, 0.6) is 0 Å². The number of hydrogen-bond acceptors (Lipinski definition) is 7. The van der Waals surface area contributed by atoms with Crippen molar-refractivity contribution in [2.45, 2.75) is 19.4 Å². The first-order chi connectivity index (χ1) is 11.5. The first-order valence-electron chi connectivity index (χ1n) is 7.84. The lowest BCUT2D eigenvalue weighted by Gasteiger charge is -2.39. The number of nitrogens with two attached hydrogens (primary N) is 1. The van der Waals surface area contributed by atoms with E-state index in [-0.39, 0.29) is 5.60 Å². The van der Waals surface area contributed by atoms with Crippen LogP contribution in [0.1, 0.15) is 13.8 Å². The molecule has 2 N–H and O–H groups in total. The van der Waals surface area contributed by atoms with Crippen LogP contribution in [0.2, 0.25) is 0 Å². The van der Waals surface area contributed by atoms with E-state index < -0.39 is 0 Å². The Kier molecular flexibility index (Phi) is 3.34. The Balaban J connectivity index is 1.82. The monoisotopic (exact) mass is 325 g/mol. The highest BCUT2D eigenvalue weighted by atomic mass is 16.5. The largest absolute Gasteiger partial charge is 0.383 e. The Labute approximate surface area is 139 Å². The Hall–Kier alpha value is -2.74. The van der Waals surface area contributed by atoms with Crippen molar-refractivity contribution in [3.05, 3.63) is 30.6 Å². The van der Waals surface area contributed by atoms with Crippen LogP contribution in [0.3, 0.4) is 0 Å². The molecular weight excluding hydrogens is 306 g/mol. The molecule has 0 aliphatic carbocycles. The fraction of sp³-hybridized carbons (Fsp3) is 0.375. The van der Waals surface area contributed by atoms with Crippen molar-refractivity contribution in [3.8, 4) is 11.4 Å². The molecule has 0 amide bonds. The molecule has 1 fully saturated rings. The van der Waals surface area contributed by atoms with Gasteiger partial charge in [-0.2, -0.15) is 14.5 Å². The first-order valence-corrected chi connectivity index (χ1v) is 7.84. The minimum atomic E-state index is -0.225. The molecule has 124 valence electrons. The maximum atomic E-state index is 5.99. The van der Waals surface area contributed by atoms with Gasteiger partial charge in [0, 0.05) is 37.1 Å². The summed E-state index contributed by atoms with van der Waals surface area (Å²) in [6.45, 7) is 6.32. The molecule has 24 heavy (non-hydrogen) atoms. The van der Waals surface area contributed by atoms with Crippen LogP contribution >= 0.6 is 0 Å². The molecule has 0 bridgehead atoms. The molecule has 1 saturated heterocycles. The fourth-order valence-electron chi connectivity index (χ4n) is 2.93. The molecule has 0 atom stereocenters. The number of morpholine rings is 1. The van der Waals surface area contributed by atoms with E-state index in [0.29, 0.717) is 24.0 Å². The van der Waals surface area contributed by atoms with Gasteiger partial charge in [-0.1, -0.05) is 0 Å². The van der Waals surface area contributed by atoms with Crippen LogP contribution < -0.4 is 10.6 Å². The summed E-state index contributed by atoms with van der Waals surface area (Å²) in [6.07, 6.45) is 3.43. The maximum Gasteiger partial charge on any atom is 0.256 e. The van der Waals surface area contributed by atoms with E-state index in [1.807, 2.05) is 18.2 Å². The van der Waals surface area contributed by atoms with E-state index in [1.54, 1.807) is 16.9 Å². The average molecular weight is 325 g/mol. The van der Waals surface area contributed by atoms with E-state index in [0.717, 1.165) is 24.5 Å². The predicted molar refractivity (Wildman–Crippen MR) is 90.7 cm³/mol. The third kappa shape index (κ3) is 2.65. The van der Waals surface area contributed by atoms with Crippen molar-refractivity contribution in [2.24, 2.45) is 0 Å². The molecule has 3 aromatic heterocycles. The summed E-state index contributed by atoms with van der Waals surface area (Å²) >= 11 is 0. The summed E-state index contributed by atoms with van der Waals surface area (Å²) in [5.74, 6) is 2.39. The minimum Gasteiger partial charge on any atom is -0.383 e. The molecule has 0 spiro atoms. The number of pyridine rings is 1. The fourth-order valence-corrected chi connectivity index (χ4v) is 2.93. The van der Waals surface area contributed by atoms with Crippen LogP contribution in [0.25, 0.3) is 17.2 Å². The first kappa shape index (κ1) is 14.8. The quantitative estimate of drug-likeness (QED) is 0.760.